The molecule has 0 atom stereocenters. The summed E-state index contributed by atoms with van der Waals surface area (Å²) < 4.78 is 0. The first-order valence-corrected chi connectivity index (χ1v) is 47.8. The van der Waals surface area contributed by atoms with E-state index in [1.165, 1.54) is 206 Å². The molecule has 0 heterocycles. The highest BCUT2D eigenvalue weighted by Crippen LogP contribution is 2.63. The average molecular weight is 1740 g/mol. The summed E-state index contributed by atoms with van der Waals surface area (Å²) in [6, 6.07) is 197. The molecule has 0 radical (unpaired) electrons. The molecule has 0 saturated heterocycles. The lowest BCUT2D eigenvalue weighted by molar-refractivity contribution is 0.762. The minimum atomic E-state index is -0.343. The number of fused-ring (bicyclic) bond motifs is 15. The van der Waals surface area contributed by atoms with Crippen molar-refractivity contribution in [2.75, 3.05) is 0 Å². The van der Waals surface area contributed by atoms with E-state index < -0.39 is 0 Å². The zero-order valence-corrected chi connectivity index (χ0v) is 77.4. The van der Waals surface area contributed by atoms with Crippen LogP contribution in [0.3, 0.4) is 0 Å². The van der Waals surface area contributed by atoms with Gasteiger partial charge in [-0.05, 0) is 230 Å². The number of aryl methyl sites for hydroxylation is 5. The molecular weight excluding hydrogens is 1630 g/mol. The van der Waals surface area contributed by atoms with E-state index in [2.05, 4.69) is 575 Å². The summed E-state index contributed by atoms with van der Waals surface area (Å²) in [4.78, 5) is 0. The van der Waals surface area contributed by atoms with E-state index in [9.17, 15) is 0 Å². The molecule has 0 unspecified atom stereocenters. The molecular formula is C136H104. The Morgan fingerprint density at radius 1 is 0.125 bits per heavy atom. The molecule has 0 saturated carbocycles. The highest BCUT2D eigenvalue weighted by Gasteiger charge is 2.52. The van der Waals surface area contributed by atoms with Gasteiger partial charge in [0.25, 0.3) is 0 Å². The standard InChI is InChI=1S/C32H24.4C26H20/c1-23-17-19-28-29-20-18-25(24-11-5-2-6-12-24)22-31(29)32(30(28)21-23,26-13-7-3-8-14-26)27-15-9-4-10-16-27;1-19-11-10-17-23-22-16-8-9-18-24(22)26(25(19)23,20-12-4-2-5-13-20)21-14-6-3-7-15-21;1-19-11-10-18-24-25(19)22-16-8-9-17-23(22)26(24,20-12-4-2-5-13-20)21-14-6-3-7-15-21;1-19-16-17-25-23(18-19)22-14-8-9-15-24(22)26(25,20-10-4-2-5-11-20)21-12-6-3-7-13-21;1-19-16-17-23-22-14-8-9-15-24(22)26(25(23)18-19,20-10-4-2-5-11-20)21-12-6-3-7-13-21/h2-22H,1H3;4*2-18H,1H3. The fourth-order valence-electron chi connectivity index (χ4n) is 23.9. The highest BCUT2D eigenvalue weighted by molar-refractivity contribution is 5.93. The van der Waals surface area contributed by atoms with Crippen LogP contribution >= 0.6 is 0 Å². The van der Waals surface area contributed by atoms with Gasteiger partial charge in [0, 0.05) is 0 Å². The Balaban J connectivity index is 0.0000000988. The second-order valence-corrected chi connectivity index (χ2v) is 36.9. The minimum Gasteiger partial charge on any atom is -0.0622 e. The van der Waals surface area contributed by atoms with Crippen LogP contribution in [0.25, 0.3) is 66.8 Å². The lowest BCUT2D eigenvalue weighted by atomic mass is 9.67. The predicted octanol–water partition coefficient (Wildman–Crippen LogP) is 33.5. The third-order valence-corrected chi connectivity index (χ3v) is 29.4. The number of hydrogen-bond acceptors (Lipinski definition) is 0. The summed E-state index contributed by atoms with van der Waals surface area (Å²) in [5.41, 5.74) is 48.1. The van der Waals surface area contributed by atoms with Gasteiger partial charge in [-0.15, -0.1) is 0 Å². The Bertz CT molecular complexity index is 7600. The van der Waals surface area contributed by atoms with Gasteiger partial charge < -0.3 is 0 Å². The molecule has 0 fully saturated rings. The first-order valence-electron chi connectivity index (χ1n) is 47.8. The molecule has 0 aromatic heterocycles. The number of benzene rings is 21. The van der Waals surface area contributed by atoms with E-state index in [-0.39, 0.29) is 27.1 Å². The normalized spacial score (nSPS) is 13.8. The Morgan fingerprint density at radius 3 is 0.757 bits per heavy atom. The van der Waals surface area contributed by atoms with E-state index in [0.717, 1.165) is 0 Å². The topological polar surface area (TPSA) is 0 Å². The molecule has 648 valence electrons. The van der Waals surface area contributed by atoms with Crippen molar-refractivity contribution in [3.8, 4) is 66.8 Å². The highest BCUT2D eigenvalue weighted by atomic mass is 14.5. The molecule has 21 aromatic rings. The molecule has 0 aliphatic heterocycles. The van der Waals surface area contributed by atoms with Gasteiger partial charge in [-0.1, -0.05) is 551 Å². The largest absolute Gasteiger partial charge is 0.0716 e. The van der Waals surface area contributed by atoms with E-state index in [1.807, 2.05) is 0 Å². The van der Waals surface area contributed by atoms with E-state index in [0.29, 0.717) is 0 Å². The Morgan fingerprint density at radius 2 is 0.360 bits per heavy atom. The summed E-state index contributed by atoms with van der Waals surface area (Å²) >= 11 is 0. The zero-order valence-electron chi connectivity index (χ0n) is 77.4. The molecule has 0 spiro atoms. The van der Waals surface area contributed by atoms with Gasteiger partial charge in [-0.25, -0.2) is 0 Å². The Hall–Kier alpha value is -16.4. The van der Waals surface area contributed by atoms with Crippen LogP contribution in [0.4, 0.5) is 0 Å². The maximum atomic E-state index is 2.42. The first-order chi connectivity index (χ1) is 67.1. The third-order valence-electron chi connectivity index (χ3n) is 29.4. The maximum Gasteiger partial charge on any atom is 0.0716 e. The molecule has 0 amide bonds. The van der Waals surface area contributed by atoms with Crippen LogP contribution in [0, 0.1) is 34.6 Å². The summed E-state index contributed by atoms with van der Waals surface area (Å²) in [5, 5.41) is 0. The molecule has 0 N–H and O–H groups in total. The summed E-state index contributed by atoms with van der Waals surface area (Å²) in [6.45, 7) is 11.0. The second kappa shape index (κ2) is 36.0. The van der Waals surface area contributed by atoms with Crippen molar-refractivity contribution in [2.45, 2.75) is 61.7 Å². The van der Waals surface area contributed by atoms with Gasteiger partial charge in [0.05, 0.1) is 27.1 Å². The van der Waals surface area contributed by atoms with Gasteiger partial charge >= 0.3 is 0 Å². The Kier molecular flexibility index (Phi) is 22.5. The summed E-state index contributed by atoms with van der Waals surface area (Å²) in [7, 11) is 0. The van der Waals surface area contributed by atoms with Crippen molar-refractivity contribution < 1.29 is 0 Å². The molecule has 0 nitrogen and oxygen atoms in total. The summed E-state index contributed by atoms with van der Waals surface area (Å²) in [6.07, 6.45) is 0. The van der Waals surface area contributed by atoms with E-state index in [1.54, 1.807) is 0 Å². The van der Waals surface area contributed by atoms with Crippen LogP contribution in [0.5, 0.6) is 0 Å². The Labute approximate surface area is 801 Å². The van der Waals surface area contributed by atoms with Gasteiger partial charge in [-0.2, -0.15) is 0 Å². The molecule has 26 rings (SSSR count). The molecule has 5 aliphatic carbocycles. The monoisotopic (exact) mass is 1740 g/mol. The van der Waals surface area contributed by atoms with Crippen molar-refractivity contribution in [3.05, 3.63) is 679 Å². The zero-order chi connectivity index (χ0) is 91.8. The minimum absolute atomic E-state index is 0.262. The quantitative estimate of drug-likeness (QED) is 0.121. The molecule has 21 aromatic carbocycles. The smallest absolute Gasteiger partial charge is 0.0622 e. The van der Waals surface area contributed by atoms with Crippen molar-refractivity contribution >= 4 is 0 Å². The van der Waals surface area contributed by atoms with Crippen LogP contribution in [0.2, 0.25) is 0 Å². The molecule has 5 aliphatic rings. The second-order valence-electron chi connectivity index (χ2n) is 36.9. The van der Waals surface area contributed by atoms with Gasteiger partial charge in [0.1, 0.15) is 0 Å². The summed E-state index contributed by atoms with van der Waals surface area (Å²) in [5.74, 6) is 0. The molecule has 0 heteroatoms. The lowest BCUT2D eigenvalue weighted by Crippen LogP contribution is -2.29. The molecule has 0 bridgehead atoms. The van der Waals surface area contributed by atoms with Crippen LogP contribution in [-0.2, 0) is 27.1 Å². The van der Waals surface area contributed by atoms with Crippen LogP contribution in [0.1, 0.15) is 139 Å². The maximum absolute atomic E-state index is 2.42. The lowest BCUT2D eigenvalue weighted by Gasteiger charge is -2.34. The van der Waals surface area contributed by atoms with E-state index >= 15 is 0 Å². The average Bonchev–Trinajstić information content (AvgIpc) is 1.53. The predicted molar refractivity (Wildman–Crippen MR) is 568 cm³/mol. The van der Waals surface area contributed by atoms with Crippen LogP contribution in [0.15, 0.2) is 540 Å². The van der Waals surface area contributed by atoms with Crippen LogP contribution in [-0.4, -0.2) is 0 Å². The van der Waals surface area contributed by atoms with Crippen molar-refractivity contribution in [1.82, 2.24) is 0 Å². The van der Waals surface area contributed by atoms with Crippen LogP contribution < -0.4 is 0 Å². The molecule has 136 heavy (non-hydrogen) atoms. The van der Waals surface area contributed by atoms with Crippen molar-refractivity contribution in [3.63, 3.8) is 0 Å². The fraction of sp³-hybridized carbons (Fsp3) is 0.0735. The first kappa shape index (κ1) is 85.1. The van der Waals surface area contributed by atoms with Gasteiger partial charge in [0.2, 0.25) is 0 Å². The number of rotatable bonds is 11. The van der Waals surface area contributed by atoms with Crippen molar-refractivity contribution in [1.29, 1.82) is 0 Å². The fourth-order valence-corrected chi connectivity index (χ4v) is 23.9. The number of hydrogen-bond donors (Lipinski definition) is 0. The SMILES string of the molecule is Cc1ccc2c(c1)-c1ccccc1C2(c1ccccc1)c1ccccc1.Cc1ccc2c(c1)C(c1ccccc1)(c1ccccc1)c1cc(-c3ccccc3)ccc1-2.Cc1ccc2c(c1)C(c1ccccc1)(c1ccccc1)c1ccccc1-2.Cc1cccc2c1-c1ccccc1C2(c1ccccc1)c1ccccc1.Cc1cccc2c1C(c1ccccc1)(c1ccccc1)c1ccccc1-2. The van der Waals surface area contributed by atoms with Gasteiger partial charge in [-0.3, -0.25) is 0 Å². The van der Waals surface area contributed by atoms with E-state index in [4.69, 9.17) is 0 Å². The van der Waals surface area contributed by atoms with Crippen molar-refractivity contribution in [2.24, 2.45) is 0 Å². The van der Waals surface area contributed by atoms with Gasteiger partial charge in [0.15, 0.2) is 0 Å². The third kappa shape index (κ3) is 13.9.